The van der Waals surface area contributed by atoms with Crippen molar-refractivity contribution in [1.82, 2.24) is 15.2 Å². The lowest BCUT2D eigenvalue weighted by atomic mass is 10.2. The molecule has 2 N–H and O–H groups in total. The lowest BCUT2D eigenvalue weighted by Crippen LogP contribution is -2.24. The highest BCUT2D eigenvalue weighted by Crippen LogP contribution is 2.27. The molecule has 0 bridgehead atoms. The van der Waals surface area contributed by atoms with E-state index in [0.29, 0.717) is 23.7 Å². The Hall–Kier alpha value is -2.80. The summed E-state index contributed by atoms with van der Waals surface area (Å²) in [6, 6.07) is 9.13. The number of methoxy groups -OCH3 is 2. The molecule has 7 nitrogen and oxygen atoms in total. The molecule has 1 heterocycles. The van der Waals surface area contributed by atoms with Crippen molar-refractivity contribution in [2.45, 2.75) is 6.54 Å². The van der Waals surface area contributed by atoms with Gasteiger partial charge in [0.25, 0.3) is 5.91 Å². The number of carbonyl (C=O) groups is 1. The van der Waals surface area contributed by atoms with E-state index >= 15 is 0 Å². The number of aromatic nitrogens is 1. The van der Waals surface area contributed by atoms with Crippen molar-refractivity contribution in [1.29, 1.82) is 0 Å². The molecule has 0 unspecified atom stereocenters. The number of hydrogen-bond acceptors (Lipinski definition) is 6. The molecule has 0 aliphatic carbocycles. The fourth-order valence-electron chi connectivity index (χ4n) is 2.35. The normalized spacial score (nSPS) is 10.5. The molecule has 1 amide bonds. The van der Waals surface area contributed by atoms with Gasteiger partial charge in [-0.15, -0.1) is 0 Å². The van der Waals surface area contributed by atoms with E-state index in [4.69, 9.17) is 9.47 Å². The summed E-state index contributed by atoms with van der Waals surface area (Å²) in [4.78, 5) is 18.6. The molecule has 0 spiro atoms. The third-order valence-corrected chi connectivity index (χ3v) is 3.78. The second kappa shape index (κ2) is 9.62. The fraction of sp³-hybridized carbons (Fsp3) is 0.368. The summed E-state index contributed by atoms with van der Waals surface area (Å²) in [6.07, 6.45) is 1.63. The summed E-state index contributed by atoms with van der Waals surface area (Å²) in [6.45, 7) is 2.08. The van der Waals surface area contributed by atoms with Crippen LogP contribution >= 0.6 is 0 Å². The van der Waals surface area contributed by atoms with Crippen LogP contribution in [0.4, 0.5) is 5.69 Å². The first-order valence-corrected chi connectivity index (χ1v) is 8.37. The molecule has 1 aromatic heterocycles. The molecule has 0 radical (unpaired) electrons. The summed E-state index contributed by atoms with van der Waals surface area (Å²) >= 11 is 0. The van der Waals surface area contributed by atoms with E-state index in [9.17, 15) is 4.79 Å². The SMILES string of the molecule is COc1ccc(CNC(=O)c2cc(NCCN(C)C)ccn2)cc1OC. The topological polar surface area (TPSA) is 75.7 Å². The Kier molecular flexibility index (Phi) is 7.23. The van der Waals surface area contributed by atoms with Crippen LogP contribution in [0.5, 0.6) is 11.5 Å². The number of pyridine rings is 1. The maximum atomic E-state index is 12.4. The second-order valence-corrected chi connectivity index (χ2v) is 6.03. The van der Waals surface area contributed by atoms with Crippen LogP contribution < -0.4 is 20.1 Å². The summed E-state index contributed by atoms with van der Waals surface area (Å²) < 4.78 is 10.5. The van der Waals surface area contributed by atoms with Crippen LogP contribution in [-0.4, -0.2) is 57.2 Å². The van der Waals surface area contributed by atoms with Crippen molar-refractivity contribution < 1.29 is 14.3 Å². The monoisotopic (exact) mass is 358 g/mol. The van der Waals surface area contributed by atoms with Gasteiger partial charge in [-0.25, -0.2) is 0 Å². The molecule has 0 aliphatic heterocycles. The average molecular weight is 358 g/mol. The van der Waals surface area contributed by atoms with E-state index in [1.54, 1.807) is 26.5 Å². The number of nitrogens with one attached hydrogen (secondary N) is 2. The maximum absolute atomic E-state index is 12.4. The molecule has 0 atom stereocenters. The predicted molar refractivity (Wildman–Crippen MR) is 102 cm³/mol. The minimum atomic E-state index is -0.226. The molecule has 0 fully saturated rings. The van der Waals surface area contributed by atoms with Gasteiger partial charge >= 0.3 is 0 Å². The van der Waals surface area contributed by atoms with Crippen molar-refractivity contribution in [2.75, 3.05) is 46.7 Å². The van der Waals surface area contributed by atoms with Crippen molar-refractivity contribution in [3.05, 3.63) is 47.8 Å². The van der Waals surface area contributed by atoms with Crippen LogP contribution in [0.25, 0.3) is 0 Å². The molecule has 2 rings (SSSR count). The zero-order valence-corrected chi connectivity index (χ0v) is 15.7. The molecular formula is C19H26N4O3. The maximum Gasteiger partial charge on any atom is 0.270 e. The smallest absolute Gasteiger partial charge is 0.270 e. The highest BCUT2D eigenvalue weighted by Gasteiger charge is 2.09. The van der Waals surface area contributed by atoms with E-state index in [-0.39, 0.29) is 5.91 Å². The Morgan fingerprint density at radius 3 is 2.58 bits per heavy atom. The number of nitrogens with zero attached hydrogens (tertiary/aromatic N) is 2. The number of anilines is 1. The van der Waals surface area contributed by atoms with Gasteiger partial charge in [-0.05, 0) is 43.9 Å². The van der Waals surface area contributed by atoms with Crippen molar-refractivity contribution >= 4 is 11.6 Å². The van der Waals surface area contributed by atoms with Gasteiger partial charge in [0.05, 0.1) is 14.2 Å². The third-order valence-electron chi connectivity index (χ3n) is 3.78. The molecule has 140 valence electrons. The van der Waals surface area contributed by atoms with Crippen LogP contribution in [0.15, 0.2) is 36.5 Å². The average Bonchev–Trinajstić information content (AvgIpc) is 2.65. The van der Waals surface area contributed by atoms with Crippen molar-refractivity contribution in [3.8, 4) is 11.5 Å². The summed E-state index contributed by atoms with van der Waals surface area (Å²) in [5.74, 6) is 1.06. The van der Waals surface area contributed by atoms with Crippen molar-refractivity contribution in [3.63, 3.8) is 0 Å². The Morgan fingerprint density at radius 1 is 1.12 bits per heavy atom. The van der Waals surface area contributed by atoms with Gasteiger partial charge in [0.15, 0.2) is 11.5 Å². The second-order valence-electron chi connectivity index (χ2n) is 6.03. The molecule has 0 saturated heterocycles. The minimum Gasteiger partial charge on any atom is -0.493 e. The summed E-state index contributed by atoms with van der Waals surface area (Å²) in [7, 11) is 7.20. The van der Waals surface area contributed by atoms with E-state index < -0.39 is 0 Å². The zero-order chi connectivity index (χ0) is 18.9. The highest BCUT2D eigenvalue weighted by molar-refractivity contribution is 5.93. The van der Waals surface area contributed by atoms with E-state index in [0.717, 1.165) is 24.3 Å². The summed E-state index contributed by atoms with van der Waals surface area (Å²) in [5, 5.41) is 6.15. The first-order valence-electron chi connectivity index (χ1n) is 8.37. The number of hydrogen-bond donors (Lipinski definition) is 2. The van der Waals surface area contributed by atoms with Gasteiger partial charge in [-0.3, -0.25) is 9.78 Å². The number of ether oxygens (including phenoxy) is 2. The zero-order valence-electron chi connectivity index (χ0n) is 15.7. The number of benzene rings is 1. The highest BCUT2D eigenvalue weighted by atomic mass is 16.5. The van der Waals surface area contributed by atoms with Gasteiger partial charge < -0.3 is 25.0 Å². The van der Waals surface area contributed by atoms with Gasteiger partial charge in [-0.1, -0.05) is 6.07 Å². The van der Waals surface area contributed by atoms with Crippen molar-refractivity contribution in [2.24, 2.45) is 0 Å². The van der Waals surface area contributed by atoms with E-state index in [1.165, 1.54) is 0 Å². The van der Waals surface area contributed by atoms with Crippen LogP contribution in [0.3, 0.4) is 0 Å². The number of rotatable bonds is 9. The third kappa shape index (κ3) is 5.63. The predicted octanol–water partition coefficient (Wildman–Crippen LogP) is 2.00. The van der Waals surface area contributed by atoms with Crippen LogP contribution in [0, 0.1) is 0 Å². The quantitative estimate of drug-likeness (QED) is 0.714. The molecular weight excluding hydrogens is 332 g/mol. The fourth-order valence-corrected chi connectivity index (χ4v) is 2.35. The molecule has 0 saturated carbocycles. The summed E-state index contributed by atoms with van der Waals surface area (Å²) in [5.41, 5.74) is 2.16. The molecule has 7 heteroatoms. The van der Waals surface area contributed by atoms with Gasteiger partial charge in [0.1, 0.15) is 5.69 Å². The Labute approximate surface area is 154 Å². The van der Waals surface area contributed by atoms with E-state index in [1.807, 2.05) is 38.4 Å². The largest absolute Gasteiger partial charge is 0.493 e. The molecule has 1 aromatic carbocycles. The number of amides is 1. The Bertz CT molecular complexity index is 734. The van der Waals surface area contributed by atoms with Crippen LogP contribution in [0.1, 0.15) is 16.1 Å². The molecule has 0 aliphatic rings. The van der Waals surface area contributed by atoms with Crippen LogP contribution in [0.2, 0.25) is 0 Å². The number of likely N-dealkylation sites (N-methyl/N-ethyl adjacent to an activating group) is 1. The Morgan fingerprint density at radius 2 is 1.88 bits per heavy atom. The molecule has 2 aromatic rings. The van der Waals surface area contributed by atoms with E-state index in [2.05, 4.69) is 20.5 Å². The first-order chi connectivity index (χ1) is 12.5. The Balaban J connectivity index is 1.95. The standard InChI is InChI=1S/C19H26N4O3/c1-23(2)10-9-20-15-7-8-21-16(12-15)19(24)22-13-14-5-6-17(25-3)18(11-14)26-4/h5-8,11-12H,9-10,13H2,1-4H3,(H,20,21)(H,22,24). The van der Waals surface area contributed by atoms with Crippen LogP contribution in [-0.2, 0) is 6.54 Å². The number of carbonyl (C=O) groups excluding carboxylic acids is 1. The lowest BCUT2D eigenvalue weighted by molar-refractivity contribution is 0.0946. The molecule has 26 heavy (non-hydrogen) atoms. The van der Waals surface area contributed by atoms with Gasteiger partial charge in [0, 0.05) is 31.5 Å². The van der Waals surface area contributed by atoms with Gasteiger partial charge in [-0.2, -0.15) is 0 Å². The lowest BCUT2D eigenvalue weighted by Gasteiger charge is -2.12. The van der Waals surface area contributed by atoms with Gasteiger partial charge in [0.2, 0.25) is 0 Å². The minimum absolute atomic E-state index is 0.226. The first kappa shape index (κ1) is 19.5.